The highest BCUT2D eigenvalue weighted by Gasteiger charge is 2.26. The van der Waals surface area contributed by atoms with Crippen molar-refractivity contribution < 1.29 is 9.59 Å². The van der Waals surface area contributed by atoms with E-state index in [1.165, 1.54) is 0 Å². The largest absolute Gasteiger partial charge is 0.368 e. The van der Waals surface area contributed by atoms with E-state index in [0.717, 1.165) is 56.5 Å². The second kappa shape index (κ2) is 8.73. The van der Waals surface area contributed by atoms with Crippen LogP contribution in [0.25, 0.3) is 0 Å². The molecule has 0 bridgehead atoms. The van der Waals surface area contributed by atoms with Crippen molar-refractivity contribution in [1.29, 1.82) is 0 Å². The van der Waals surface area contributed by atoms with Crippen molar-refractivity contribution in [3.8, 4) is 0 Å². The van der Waals surface area contributed by atoms with E-state index in [4.69, 9.17) is 11.6 Å². The third-order valence-electron chi connectivity index (χ3n) is 5.28. The van der Waals surface area contributed by atoms with Gasteiger partial charge in [-0.05, 0) is 24.7 Å². The van der Waals surface area contributed by atoms with Gasteiger partial charge in [0.2, 0.25) is 11.8 Å². The van der Waals surface area contributed by atoms with Gasteiger partial charge in [-0.3, -0.25) is 9.59 Å². The van der Waals surface area contributed by atoms with E-state index >= 15 is 0 Å². The van der Waals surface area contributed by atoms with Gasteiger partial charge in [0, 0.05) is 63.1 Å². The summed E-state index contributed by atoms with van der Waals surface area (Å²) in [5.74, 6) is -0.0957. The van der Waals surface area contributed by atoms with Crippen LogP contribution >= 0.6 is 11.6 Å². The number of rotatable bonds is 4. The molecule has 0 unspecified atom stereocenters. The summed E-state index contributed by atoms with van der Waals surface area (Å²) >= 11 is 6.06. The molecule has 26 heavy (non-hydrogen) atoms. The normalized spacial score (nSPS) is 18.9. The fourth-order valence-corrected chi connectivity index (χ4v) is 3.74. The summed E-state index contributed by atoms with van der Waals surface area (Å²) in [5, 5.41) is 0.717. The van der Waals surface area contributed by atoms with Crippen molar-refractivity contribution in [3.05, 3.63) is 29.3 Å². The van der Waals surface area contributed by atoms with Gasteiger partial charge >= 0.3 is 0 Å². The Kier molecular flexibility index (Phi) is 6.38. The minimum Gasteiger partial charge on any atom is -0.368 e. The molecule has 2 aliphatic rings. The number of hydrogen-bond donors (Lipinski definition) is 0. The average molecular weight is 379 g/mol. The maximum Gasteiger partial charge on any atom is 0.232 e. The summed E-state index contributed by atoms with van der Waals surface area (Å²) in [4.78, 5) is 33.1. The smallest absolute Gasteiger partial charge is 0.232 e. The van der Waals surface area contributed by atoms with E-state index in [1.807, 2.05) is 29.2 Å². The molecule has 0 saturated carbocycles. The molecule has 1 aromatic carbocycles. The Morgan fingerprint density at radius 1 is 0.923 bits per heavy atom. The van der Waals surface area contributed by atoms with E-state index in [1.54, 1.807) is 4.90 Å². The van der Waals surface area contributed by atoms with Crippen LogP contribution in [0.5, 0.6) is 0 Å². The molecule has 0 N–H and O–H groups in total. The molecule has 142 valence electrons. The minimum absolute atomic E-state index is 0.0106. The molecule has 2 aliphatic heterocycles. The van der Waals surface area contributed by atoms with Gasteiger partial charge in [-0.2, -0.15) is 0 Å². The fraction of sp³-hybridized carbons (Fsp3) is 0.579. The SMILES string of the molecule is CCN1CCN(C(=O)CC(=O)N2CCN(c3cccc(Cl)c3)CC2)CC1. The molecule has 2 heterocycles. The quantitative estimate of drug-likeness (QED) is 0.746. The van der Waals surface area contributed by atoms with Crippen LogP contribution in [0.2, 0.25) is 5.02 Å². The molecule has 0 spiro atoms. The topological polar surface area (TPSA) is 47.1 Å². The van der Waals surface area contributed by atoms with Gasteiger partial charge in [0.1, 0.15) is 6.42 Å². The van der Waals surface area contributed by atoms with Gasteiger partial charge in [-0.15, -0.1) is 0 Å². The predicted molar refractivity (Wildman–Crippen MR) is 104 cm³/mol. The highest BCUT2D eigenvalue weighted by Crippen LogP contribution is 2.21. The number of amides is 2. The molecule has 7 heteroatoms. The molecule has 2 fully saturated rings. The summed E-state index contributed by atoms with van der Waals surface area (Å²) < 4.78 is 0. The first kappa shape index (κ1) is 19.0. The van der Waals surface area contributed by atoms with Gasteiger partial charge in [0.05, 0.1) is 0 Å². The summed E-state index contributed by atoms with van der Waals surface area (Å²) in [7, 11) is 0. The van der Waals surface area contributed by atoms with Crippen LogP contribution in [0.3, 0.4) is 0 Å². The standard InChI is InChI=1S/C19H27ClN4O2/c1-2-21-6-8-23(9-7-21)18(25)15-19(26)24-12-10-22(11-13-24)17-5-3-4-16(20)14-17/h3-5,14H,2,6-13,15H2,1H3. The van der Waals surface area contributed by atoms with E-state index in [2.05, 4.69) is 16.7 Å². The summed E-state index contributed by atoms with van der Waals surface area (Å²) in [6.07, 6.45) is -0.0106. The van der Waals surface area contributed by atoms with Crippen molar-refractivity contribution in [2.24, 2.45) is 0 Å². The number of likely N-dealkylation sites (N-methyl/N-ethyl adjacent to an activating group) is 1. The third kappa shape index (κ3) is 4.68. The van der Waals surface area contributed by atoms with Crippen molar-refractivity contribution in [2.45, 2.75) is 13.3 Å². The molecular weight excluding hydrogens is 352 g/mol. The molecule has 0 aromatic heterocycles. The van der Waals surface area contributed by atoms with Gasteiger partial charge < -0.3 is 19.6 Å². The van der Waals surface area contributed by atoms with Crippen LogP contribution in [0, 0.1) is 0 Å². The lowest BCUT2D eigenvalue weighted by atomic mass is 10.2. The maximum atomic E-state index is 12.5. The molecule has 2 amide bonds. The second-order valence-corrected chi connectivity index (χ2v) is 7.28. The first-order chi connectivity index (χ1) is 12.6. The predicted octanol–water partition coefficient (Wildman–Crippen LogP) is 1.54. The number of anilines is 1. The Morgan fingerprint density at radius 3 is 2.04 bits per heavy atom. The number of halogens is 1. The monoisotopic (exact) mass is 378 g/mol. The zero-order valence-corrected chi connectivity index (χ0v) is 16.1. The number of nitrogens with zero attached hydrogens (tertiary/aromatic N) is 4. The Hall–Kier alpha value is -1.79. The van der Waals surface area contributed by atoms with E-state index < -0.39 is 0 Å². The Balaban J connectivity index is 1.45. The van der Waals surface area contributed by atoms with Crippen LogP contribution in [0.4, 0.5) is 5.69 Å². The Bertz CT molecular complexity index is 638. The Labute approximate surface area is 160 Å². The van der Waals surface area contributed by atoms with Crippen molar-refractivity contribution in [3.63, 3.8) is 0 Å². The average Bonchev–Trinajstić information content (AvgIpc) is 2.68. The molecule has 0 atom stereocenters. The van der Waals surface area contributed by atoms with E-state index in [-0.39, 0.29) is 18.2 Å². The number of carbonyl (C=O) groups excluding carboxylic acids is 2. The summed E-state index contributed by atoms with van der Waals surface area (Å²) in [6.45, 7) is 9.19. The van der Waals surface area contributed by atoms with Gasteiger partial charge in [0.25, 0.3) is 0 Å². The Morgan fingerprint density at radius 2 is 1.50 bits per heavy atom. The number of piperazine rings is 2. The number of hydrogen-bond acceptors (Lipinski definition) is 4. The zero-order valence-electron chi connectivity index (χ0n) is 15.4. The molecule has 0 aliphatic carbocycles. The summed E-state index contributed by atoms with van der Waals surface area (Å²) in [5.41, 5.74) is 1.08. The molecular formula is C19H27ClN4O2. The van der Waals surface area contributed by atoms with Gasteiger partial charge in [-0.25, -0.2) is 0 Å². The molecule has 0 radical (unpaired) electrons. The molecule has 3 rings (SSSR count). The highest BCUT2D eigenvalue weighted by molar-refractivity contribution is 6.30. The fourth-order valence-electron chi connectivity index (χ4n) is 3.55. The summed E-state index contributed by atoms with van der Waals surface area (Å²) in [6, 6.07) is 7.77. The van der Waals surface area contributed by atoms with Gasteiger partial charge in [-0.1, -0.05) is 24.6 Å². The lowest BCUT2D eigenvalue weighted by Gasteiger charge is -2.37. The first-order valence-corrected chi connectivity index (χ1v) is 9.73. The van der Waals surface area contributed by atoms with Crippen LogP contribution in [-0.4, -0.2) is 85.4 Å². The van der Waals surface area contributed by atoms with E-state index in [9.17, 15) is 9.59 Å². The van der Waals surface area contributed by atoms with Crippen LogP contribution in [0.1, 0.15) is 13.3 Å². The minimum atomic E-state index is -0.0568. The first-order valence-electron chi connectivity index (χ1n) is 9.35. The lowest BCUT2D eigenvalue weighted by Crippen LogP contribution is -2.52. The maximum absolute atomic E-state index is 12.5. The molecule has 1 aromatic rings. The third-order valence-corrected chi connectivity index (χ3v) is 5.52. The highest BCUT2D eigenvalue weighted by atomic mass is 35.5. The number of carbonyl (C=O) groups is 2. The molecule has 6 nitrogen and oxygen atoms in total. The lowest BCUT2D eigenvalue weighted by molar-refractivity contribution is -0.141. The van der Waals surface area contributed by atoms with Crippen LogP contribution in [-0.2, 0) is 9.59 Å². The second-order valence-electron chi connectivity index (χ2n) is 6.84. The zero-order chi connectivity index (χ0) is 18.5. The van der Waals surface area contributed by atoms with Crippen molar-refractivity contribution in [1.82, 2.24) is 14.7 Å². The van der Waals surface area contributed by atoms with E-state index in [0.29, 0.717) is 13.1 Å². The van der Waals surface area contributed by atoms with Crippen molar-refractivity contribution in [2.75, 3.05) is 63.8 Å². The molecule has 2 saturated heterocycles. The van der Waals surface area contributed by atoms with Gasteiger partial charge in [0.15, 0.2) is 0 Å². The van der Waals surface area contributed by atoms with Crippen LogP contribution < -0.4 is 4.90 Å². The number of benzene rings is 1. The van der Waals surface area contributed by atoms with Crippen molar-refractivity contribution >= 4 is 29.1 Å². The van der Waals surface area contributed by atoms with Crippen LogP contribution in [0.15, 0.2) is 24.3 Å².